The molecule has 0 bridgehead atoms. The van der Waals surface area contributed by atoms with E-state index in [1.807, 2.05) is 48.5 Å². The Labute approximate surface area is 169 Å². The van der Waals surface area contributed by atoms with E-state index in [-0.39, 0.29) is 5.91 Å². The molecule has 0 radical (unpaired) electrons. The van der Waals surface area contributed by atoms with Crippen molar-refractivity contribution in [3.8, 4) is 17.2 Å². The number of carbonyl (C=O) groups is 1. The molecule has 0 spiro atoms. The van der Waals surface area contributed by atoms with Gasteiger partial charge in [-0.25, -0.2) is 5.43 Å². The maximum Gasteiger partial charge on any atom is 0.275 e. The van der Waals surface area contributed by atoms with Crippen molar-refractivity contribution in [2.75, 3.05) is 14.2 Å². The van der Waals surface area contributed by atoms with Gasteiger partial charge in [-0.1, -0.05) is 48.5 Å². The molecule has 148 valence electrons. The smallest absolute Gasteiger partial charge is 0.275 e. The van der Waals surface area contributed by atoms with Gasteiger partial charge in [0.1, 0.15) is 12.4 Å². The monoisotopic (exact) mass is 390 g/mol. The van der Waals surface area contributed by atoms with E-state index in [0.717, 1.165) is 5.56 Å². The van der Waals surface area contributed by atoms with E-state index in [1.54, 1.807) is 38.5 Å². The average Bonchev–Trinajstić information content (AvgIpc) is 2.78. The fourth-order valence-corrected chi connectivity index (χ4v) is 2.75. The van der Waals surface area contributed by atoms with E-state index >= 15 is 0 Å². The molecule has 1 amide bonds. The number of benzene rings is 3. The third kappa shape index (κ3) is 5.13. The molecule has 0 aliphatic rings. The van der Waals surface area contributed by atoms with E-state index in [2.05, 4.69) is 10.5 Å². The lowest BCUT2D eigenvalue weighted by atomic mass is 10.2. The first kappa shape index (κ1) is 19.9. The van der Waals surface area contributed by atoms with Crippen molar-refractivity contribution in [2.24, 2.45) is 5.10 Å². The van der Waals surface area contributed by atoms with Crippen molar-refractivity contribution in [3.05, 3.63) is 89.5 Å². The highest BCUT2D eigenvalue weighted by atomic mass is 16.5. The summed E-state index contributed by atoms with van der Waals surface area (Å²) in [6.45, 7) is 0.370. The summed E-state index contributed by atoms with van der Waals surface area (Å²) in [6, 6.07) is 22.2. The number of hydrogen-bond acceptors (Lipinski definition) is 5. The van der Waals surface area contributed by atoms with Gasteiger partial charge < -0.3 is 14.2 Å². The van der Waals surface area contributed by atoms with E-state index in [4.69, 9.17) is 14.2 Å². The highest BCUT2D eigenvalue weighted by molar-refractivity contribution is 5.97. The number of amides is 1. The molecule has 0 aromatic heterocycles. The summed E-state index contributed by atoms with van der Waals surface area (Å²) in [5.74, 6) is 1.25. The van der Waals surface area contributed by atoms with Crippen LogP contribution in [0.25, 0.3) is 0 Å². The number of nitrogens with one attached hydrogen (secondary N) is 1. The highest BCUT2D eigenvalue weighted by Crippen LogP contribution is 2.29. The molecule has 0 aliphatic heterocycles. The Morgan fingerprint density at radius 2 is 1.62 bits per heavy atom. The van der Waals surface area contributed by atoms with Crippen molar-refractivity contribution in [1.29, 1.82) is 0 Å². The van der Waals surface area contributed by atoms with Crippen molar-refractivity contribution >= 4 is 12.1 Å². The lowest BCUT2D eigenvalue weighted by Crippen LogP contribution is -2.18. The molecule has 3 rings (SSSR count). The molecule has 0 aliphatic carbocycles. The minimum atomic E-state index is -0.369. The zero-order chi connectivity index (χ0) is 20.5. The normalized spacial score (nSPS) is 10.6. The largest absolute Gasteiger partial charge is 0.493 e. The first-order valence-electron chi connectivity index (χ1n) is 9.03. The Morgan fingerprint density at radius 1 is 0.897 bits per heavy atom. The third-order valence-corrected chi connectivity index (χ3v) is 4.17. The van der Waals surface area contributed by atoms with Crippen molar-refractivity contribution < 1.29 is 19.0 Å². The minimum absolute atomic E-state index is 0.369. The summed E-state index contributed by atoms with van der Waals surface area (Å²) in [5, 5.41) is 4.05. The van der Waals surface area contributed by atoms with Gasteiger partial charge in [-0.15, -0.1) is 0 Å². The molecule has 0 unspecified atom stereocenters. The Bertz CT molecular complexity index is 987. The van der Waals surface area contributed by atoms with Crippen LogP contribution in [0.2, 0.25) is 0 Å². The first-order chi connectivity index (χ1) is 14.2. The molecule has 6 nitrogen and oxygen atoms in total. The fraction of sp³-hybridized carbons (Fsp3) is 0.130. The molecule has 6 heteroatoms. The van der Waals surface area contributed by atoms with Crippen molar-refractivity contribution in [1.82, 2.24) is 5.43 Å². The summed E-state index contributed by atoms with van der Waals surface area (Å²) in [7, 11) is 3.11. The van der Waals surface area contributed by atoms with E-state index in [9.17, 15) is 4.79 Å². The maximum atomic E-state index is 12.6. The number of hydrazone groups is 1. The molecular weight excluding hydrogens is 368 g/mol. The fourth-order valence-electron chi connectivity index (χ4n) is 2.75. The van der Waals surface area contributed by atoms with Gasteiger partial charge >= 0.3 is 0 Å². The van der Waals surface area contributed by atoms with Gasteiger partial charge in [-0.3, -0.25) is 4.79 Å². The van der Waals surface area contributed by atoms with E-state index in [0.29, 0.717) is 35.0 Å². The molecule has 0 saturated heterocycles. The zero-order valence-corrected chi connectivity index (χ0v) is 16.3. The Morgan fingerprint density at radius 3 is 2.38 bits per heavy atom. The lowest BCUT2D eigenvalue weighted by Gasteiger charge is -2.11. The van der Waals surface area contributed by atoms with Crippen LogP contribution in [0.1, 0.15) is 21.5 Å². The average molecular weight is 390 g/mol. The van der Waals surface area contributed by atoms with Gasteiger partial charge in [-0.05, 0) is 29.8 Å². The standard InChI is InChI=1S/C23H22N2O4/c1-27-21-14-8-11-18(22(21)28-2)15-24-25-23(26)19-12-6-7-13-20(19)29-16-17-9-4-3-5-10-17/h3-15H,16H2,1-2H3,(H,25,26)/b24-15+. The molecule has 0 fully saturated rings. The molecule has 3 aromatic rings. The van der Waals surface area contributed by atoms with Crippen LogP contribution in [-0.2, 0) is 6.61 Å². The summed E-state index contributed by atoms with van der Waals surface area (Å²) < 4.78 is 16.4. The topological polar surface area (TPSA) is 69.2 Å². The van der Waals surface area contributed by atoms with E-state index in [1.165, 1.54) is 6.21 Å². The van der Waals surface area contributed by atoms with Crippen LogP contribution in [0.4, 0.5) is 0 Å². The SMILES string of the molecule is COc1cccc(/C=N/NC(=O)c2ccccc2OCc2ccccc2)c1OC. The minimum Gasteiger partial charge on any atom is -0.493 e. The molecule has 3 aromatic carbocycles. The molecule has 29 heavy (non-hydrogen) atoms. The second-order valence-electron chi connectivity index (χ2n) is 6.05. The number of para-hydroxylation sites is 2. The van der Waals surface area contributed by atoms with Gasteiger partial charge in [0.05, 0.1) is 26.0 Å². The molecule has 0 heterocycles. The third-order valence-electron chi connectivity index (χ3n) is 4.17. The Balaban J connectivity index is 1.69. The van der Waals surface area contributed by atoms with Crippen LogP contribution in [0.15, 0.2) is 77.9 Å². The zero-order valence-electron chi connectivity index (χ0n) is 16.3. The van der Waals surface area contributed by atoms with Gasteiger partial charge in [0.15, 0.2) is 11.5 Å². The van der Waals surface area contributed by atoms with Crippen LogP contribution in [-0.4, -0.2) is 26.3 Å². The number of nitrogens with zero attached hydrogens (tertiary/aromatic N) is 1. The number of hydrogen-bond donors (Lipinski definition) is 1. The Hall–Kier alpha value is -3.80. The lowest BCUT2D eigenvalue weighted by molar-refractivity contribution is 0.0950. The van der Waals surface area contributed by atoms with Crippen LogP contribution in [0, 0.1) is 0 Å². The van der Waals surface area contributed by atoms with Crippen LogP contribution >= 0.6 is 0 Å². The first-order valence-corrected chi connectivity index (χ1v) is 9.03. The second kappa shape index (κ2) is 9.94. The summed E-state index contributed by atoms with van der Waals surface area (Å²) in [6.07, 6.45) is 1.51. The second-order valence-corrected chi connectivity index (χ2v) is 6.05. The molecule has 0 saturated carbocycles. The van der Waals surface area contributed by atoms with E-state index < -0.39 is 0 Å². The Kier molecular flexibility index (Phi) is 6.84. The quantitative estimate of drug-likeness (QED) is 0.465. The van der Waals surface area contributed by atoms with Crippen molar-refractivity contribution in [3.63, 3.8) is 0 Å². The van der Waals surface area contributed by atoms with Gasteiger partial charge in [-0.2, -0.15) is 5.10 Å². The molecule has 1 N–H and O–H groups in total. The predicted molar refractivity (Wildman–Crippen MR) is 112 cm³/mol. The maximum absolute atomic E-state index is 12.6. The van der Waals surface area contributed by atoms with Crippen molar-refractivity contribution in [2.45, 2.75) is 6.61 Å². The van der Waals surface area contributed by atoms with Crippen LogP contribution < -0.4 is 19.6 Å². The number of methoxy groups -OCH3 is 2. The number of rotatable bonds is 8. The summed E-state index contributed by atoms with van der Waals surface area (Å²) >= 11 is 0. The summed E-state index contributed by atoms with van der Waals surface area (Å²) in [5.41, 5.74) is 4.63. The van der Waals surface area contributed by atoms with Crippen LogP contribution in [0.5, 0.6) is 17.2 Å². The number of carbonyl (C=O) groups excluding carboxylic acids is 1. The highest BCUT2D eigenvalue weighted by Gasteiger charge is 2.12. The van der Waals surface area contributed by atoms with Gasteiger partial charge in [0, 0.05) is 5.56 Å². The predicted octanol–water partition coefficient (Wildman–Crippen LogP) is 4.05. The number of ether oxygens (including phenoxy) is 3. The summed E-state index contributed by atoms with van der Waals surface area (Å²) in [4.78, 5) is 12.6. The van der Waals surface area contributed by atoms with Crippen LogP contribution in [0.3, 0.4) is 0 Å². The molecular formula is C23H22N2O4. The van der Waals surface area contributed by atoms with Gasteiger partial charge in [0.2, 0.25) is 0 Å². The molecule has 0 atom stereocenters. The van der Waals surface area contributed by atoms with Gasteiger partial charge in [0.25, 0.3) is 5.91 Å².